The Balaban J connectivity index is 2.55. The maximum atomic E-state index is 6.08. The van der Waals surface area contributed by atoms with Gasteiger partial charge in [0, 0.05) is 13.0 Å². The Morgan fingerprint density at radius 3 is 2.86 bits per heavy atom. The SMILES string of the molecule is C#CC[C@H](/C=C(\C)CCC=C(C)C)O[C@@H]1OCCC[C@H]1I. The molecule has 21 heavy (non-hydrogen) atoms. The van der Waals surface area contributed by atoms with Gasteiger partial charge in [-0.05, 0) is 46.5 Å². The minimum atomic E-state index is -0.125. The molecule has 0 aliphatic carbocycles. The molecule has 0 amide bonds. The summed E-state index contributed by atoms with van der Waals surface area (Å²) in [6, 6.07) is 0. The number of hydrogen-bond donors (Lipinski definition) is 0. The van der Waals surface area contributed by atoms with Crippen LogP contribution in [0.3, 0.4) is 0 Å². The van der Waals surface area contributed by atoms with Gasteiger partial charge >= 0.3 is 0 Å². The minimum absolute atomic E-state index is 0.0398. The molecule has 1 saturated heterocycles. The molecule has 1 fully saturated rings. The van der Waals surface area contributed by atoms with E-state index in [4.69, 9.17) is 15.9 Å². The third-order valence-corrected chi connectivity index (χ3v) is 4.60. The summed E-state index contributed by atoms with van der Waals surface area (Å²) in [6.07, 6.45) is 14.7. The molecule has 0 radical (unpaired) electrons. The van der Waals surface area contributed by atoms with Crippen LogP contribution >= 0.6 is 22.6 Å². The van der Waals surface area contributed by atoms with E-state index in [1.165, 1.54) is 11.1 Å². The molecular weight excluding hydrogens is 375 g/mol. The van der Waals surface area contributed by atoms with Crippen molar-refractivity contribution in [3.63, 3.8) is 0 Å². The summed E-state index contributed by atoms with van der Waals surface area (Å²) in [5.74, 6) is 2.71. The zero-order valence-corrected chi connectivity index (χ0v) is 15.6. The van der Waals surface area contributed by atoms with E-state index in [0.29, 0.717) is 10.3 Å². The van der Waals surface area contributed by atoms with Crippen LogP contribution in [0.25, 0.3) is 0 Å². The highest BCUT2D eigenvalue weighted by molar-refractivity contribution is 14.1. The van der Waals surface area contributed by atoms with Gasteiger partial charge in [-0.25, -0.2) is 0 Å². The first-order valence-electron chi connectivity index (χ1n) is 7.68. The molecule has 0 unspecified atom stereocenters. The number of hydrogen-bond acceptors (Lipinski definition) is 2. The van der Waals surface area contributed by atoms with Gasteiger partial charge in [0.25, 0.3) is 0 Å². The van der Waals surface area contributed by atoms with Crippen molar-refractivity contribution in [3.05, 3.63) is 23.3 Å². The minimum Gasteiger partial charge on any atom is -0.352 e. The highest BCUT2D eigenvalue weighted by Crippen LogP contribution is 2.25. The number of rotatable bonds is 7. The second-order valence-electron chi connectivity index (χ2n) is 5.81. The summed E-state index contributed by atoms with van der Waals surface area (Å²) in [5, 5.41) is 0. The van der Waals surface area contributed by atoms with E-state index in [1.807, 2.05) is 0 Å². The van der Waals surface area contributed by atoms with Crippen molar-refractivity contribution in [3.8, 4) is 12.3 Å². The van der Waals surface area contributed by atoms with Gasteiger partial charge in [-0.1, -0.05) is 45.9 Å². The fraction of sp³-hybridized carbons (Fsp3) is 0.667. The van der Waals surface area contributed by atoms with Crippen LogP contribution in [0, 0.1) is 12.3 Å². The van der Waals surface area contributed by atoms with E-state index in [-0.39, 0.29) is 12.4 Å². The van der Waals surface area contributed by atoms with E-state index < -0.39 is 0 Å². The Kier molecular flexibility index (Phi) is 9.30. The zero-order valence-electron chi connectivity index (χ0n) is 13.4. The molecule has 0 saturated carbocycles. The molecule has 3 atom stereocenters. The molecular formula is C18H27IO2. The summed E-state index contributed by atoms with van der Waals surface area (Å²) in [7, 11) is 0. The summed E-state index contributed by atoms with van der Waals surface area (Å²) in [5.41, 5.74) is 2.69. The van der Waals surface area contributed by atoms with Crippen molar-refractivity contribution in [2.24, 2.45) is 0 Å². The van der Waals surface area contributed by atoms with Crippen LogP contribution in [0.5, 0.6) is 0 Å². The van der Waals surface area contributed by atoms with E-state index in [0.717, 1.165) is 32.3 Å². The van der Waals surface area contributed by atoms with Gasteiger partial charge in [0.2, 0.25) is 0 Å². The highest BCUT2D eigenvalue weighted by atomic mass is 127. The summed E-state index contributed by atoms with van der Waals surface area (Å²) < 4.78 is 12.2. The fourth-order valence-corrected chi connectivity index (χ4v) is 3.08. The first-order valence-corrected chi connectivity index (χ1v) is 8.92. The van der Waals surface area contributed by atoms with Gasteiger partial charge in [-0.15, -0.1) is 12.3 Å². The van der Waals surface area contributed by atoms with Crippen LogP contribution < -0.4 is 0 Å². The monoisotopic (exact) mass is 402 g/mol. The van der Waals surface area contributed by atoms with Crippen molar-refractivity contribution in [1.82, 2.24) is 0 Å². The average Bonchev–Trinajstić information content (AvgIpc) is 2.41. The summed E-state index contributed by atoms with van der Waals surface area (Å²) in [4.78, 5) is 0. The maximum absolute atomic E-state index is 6.08. The molecule has 1 heterocycles. The molecule has 0 N–H and O–H groups in total. The van der Waals surface area contributed by atoms with Crippen molar-refractivity contribution < 1.29 is 9.47 Å². The summed E-state index contributed by atoms with van der Waals surface area (Å²) in [6.45, 7) is 7.19. The Hall–Kier alpha value is -0.310. The van der Waals surface area contributed by atoms with Gasteiger partial charge in [0.05, 0.1) is 10.0 Å². The molecule has 0 bridgehead atoms. The third-order valence-electron chi connectivity index (χ3n) is 3.39. The van der Waals surface area contributed by atoms with Crippen molar-refractivity contribution in [2.45, 2.75) is 69.2 Å². The third kappa shape index (κ3) is 8.04. The van der Waals surface area contributed by atoms with Gasteiger partial charge in [0.15, 0.2) is 6.29 Å². The maximum Gasteiger partial charge on any atom is 0.170 e. The topological polar surface area (TPSA) is 18.5 Å². The number of terminal acetylenes is 1. The van der Waals surface area contributed by atoms with Crippen LogP contribution in [-0.2, 0) is 9.47 Å². The van der Waals surface area contributed by atoms with Gasteiger partial charge in [0.1, 0.15) is 0 Å². The van der Waals surface area contributed by atoms with Crippen LogP contribution in [0.2, 0.25) is 0 Å². The number of ether oxygens (including phenoxy) is 2. The lowest BCUT2D eigenvalue weighted by atomic mass is 10.1. The first-order chi connectivity index (χ1) is 10.0. The average molecular weight is 402 g/mol. The molecule has 0 spiro atoms. The summed E-state index contributed by atoms with van der Waals surface area (Å²) >= 11 is 2.41. The molecule has 2 nitrogen and oxygen atoms in total. The molecule has 0 aromatic rings. The van der Waals surface area contributed by atoms with Crippen LogP contribution in [-0.4, -0.2) is 22.9 Å². The molecule has 0 aromatic heterocycles. The fourth-order valence-electron chi connectivity index (χ4n) is 2.27. The lowest BCUT2D eigenvalue weighted by molar-refractivity contribution is -0.170. The van der Waals surface area contributed by atoms with Crippen molar-refractivity contribution in [2.75, 3.05) is 6.61 Å². The highest BCUT2D eigenvalue weighted by Gasteiger charge is 2.26. The number of allylic oxidation sites excluding steroid dienone is 3. The molecule has 3 heteroatoms. The van der Waals surface area contributed by atoms with E-state index in [2.05, 4.69) is 61.4 Å². The quantitative estimate of drug-likeness (QED) is 0.258. The molecule has 0 aromatic carbocycles. The lowest BCUT2D eigenvalue weighted by Gasteiger charge is -2.30. The number of halogens is 1. The Labute approximate surface area is 143 Å². The van der Waals surface area contributed by atoms with E-state index in [9.17, 15) is 0 Å². The largest absolute Gasteiger partial charge is 0.352 e. The Morgan fingerprint density at radius 1 is 1.48 bits per heavy atom. The van der Waals surface area contributed by atoms with Crippen LogP contribution in [0.15, 0.2) is 23.3 Å². The molecule has 1 aliphatic heterocycles. The predicted octanol–water partition coefficient (Wildman–Crippen LogP) is 5.03. The smallest absolute Gasteiger partial charge is 0.170 e. The molecule has 1 aliphatic rings. The van der Waals surface area contributed by atoms with Gasteiger partial charge in [-0.2, -0.15) is 0 Å². The van der Waals surface area contributed by atoms with Gasteiger partial charge < -0.3 is 9.47 Å². The normalized spacial score (nSPS) is 24.2. The second-order valence-corrected chi connectivity index (χ2v) is 7.41. The van der Waals surface area contributed by atoms with Crippen molar-refractivity contribution in [1.29, 1.82) is 0 Å². The first kappa shape index (κ1) is 18.7. The van der Waals surface area contributed by atoms with E-state index in [1.54, 1.807) is 0 Å². The van der Waals surface area contributed by atoms with Gasteiger partial charge in [-0.3, -0.25) is 0 Å². The van der Waals surface area contributed by atoms with Crippen LogP contribution in [0.1, 0.15) is 52.9 Å². The van der Waals surface area contributed by atoms with Crippen LogP contribution in [0.4, 0.5) is 0 Å². The van der Waals surface area contributed by atoms with E-state index >= 15 is 0 Å². The Morgan fingerprint density at radius 2 is 2.24 bits per heavy atom. The zero-order chi connectivity index (χ0) is 15.7. The molecule has 1 rings (SSSR count). The lowest BCUT2D eigenvalue weighted by Crippen LogP contribution is -2.35. The second kappa shape index (κ2) is 10.4. The molecule has 118 valence electrons. The standard InChI is InChI=1S/C18H27IO2/c1-5-8-16(13-15(4)10-6-9-14(2)3)21-18-17(19)11-7-12-20-18/h1,9,13,16-18H,6-8,10-12H2,2-4H3/b15-13+/t16-,17-,18+/m1/s1. The van der Waals surface area contributed by atoms with Crippen molar-refractivity contribution >= 4 is 22.6 Å². The number of alkyl halides is 1. The Bertz CT molecular complexity index is 402. The predicted molar refractivity (Wildman–Crippen MR) is 97.5 cm³/mol.